The van der Waals surface area contributed by atoms with Gasteiger partial charge < -0.3 is 11.1 Å². The number of carbonyl (C=O) groups excluding carboxylic acids is 1. The van der Waals surface area contributed by atoms with Gasteiger partial charge in [0, 0.05) is 17.3 Å². The molecule has 1 amide bonds. The van der Waals surface area contributed by atoms with Crippen LogP contribution in [-0.2, 0) is 4.79 Å². The van der Waals surface area contributed by atoms with Crippen LogP contribution in [0, 0.1) is 5.92 Å². The first-order valence-corrected chi connectivity index (χ1v) is 6.70. The van der Waals surface area contributed by atoms with E-state index in [1.54, 1.807) is 0 Å². The van der Waals surface area contributed by atoms with Crippen LogP contribution in [0.15, 0.2) is 17.5 Å². The lowest BCUT2D eigenvalue weighted by atomic mass is 10.1. The molecular formula is C12H18N2OS. The topological polar surface area (TPSA) is 55.1 Å². The fraction of sp³-hybridized carbons (Fsp3) is 0.583. The first-order valence-electron chi connectivity index (χ1n) is 5.82. The summed E-state index contributed by atoms with van der Waals surface area (Å²) in [5.74, 6) is 0.591. The maximum Gasteiger partial charge on any atom is 0.217 e. The third kappa shape index (κ3) is 3.32. The van der Waals surface area contributed by atoms with Gasteiger partial charge >= 0.3 is 0 Å². The lowest BCUT2D eigenvalue weighted by molar-refractivity contribution is -0.118. The Balaban J connectivity index is 1.78. The molecule has 16 heavy (non-hydrogen) atoms. The Kier molecular flexibility index (Phi) is 3.96. The SMILES string of the molecule is NC(=O)CCCNC(c1cccs1)C1CC1. The Labute approximate surface area is 100 Å². The zero-order valence-corrected chi connectivity index (χ0v) is 10.1. The summed E-state index contributed by atoms with van der Waals surface area (Å²) in [6.07, 6.45) is 3.97. The van der Waals surface area contributed by atoms with Crippen molar-refractivity contribution in [1.82, 2.24) is 5.32 Å². The van der Waals surface area contributed by atoms with Gasteiger partial charge in [-0.15, -0.1) is 11.3 Å². The molecule has 1 aromatic heterocycles. The lowest BCUT2D eigenvalue weighted by Gasteiger charge is -2.16. The van der Waals surface area contributed by atoms with Gasteiger partial charge in [0.1, 0.15) is 0 Å². The van der Waals surface area contributed by atoms with E-state index in [-0.39, 0.29) is 5.91 Å². The lowest BCUT2D eigenvalue weighted by Crippen LogP contribution is -2.24. The minimum absolute atomic E-state index is 0.208. The predicted octanol–water partition coefficient (Wildman–Crippen LogP) is 2.05. The highest BCUT2D eigenvalue weighted by Crippen LogP contribution is 2.42. The van der Waals surface area contributed by atoms with Gasteiger partial charge in [-0.25, -0.2) is 0 Å². The second kappa shape index (κ2) is 5.46. The number of nitrogens with two attached hydrogens (primary N) is 1. The van der Waals surface area contributed by atoms with Crippen molar-refractivity contribution in [1.29, 1.82) is 0 Å². The molecular weight excluding hydrogens is 220 g/mol. The Morgan fingerprint density at radius 3 is 3.00 bits per heavy atom. The van der Waals surface area contributed by atoms with E-state index in [2.05, 4.69) is 22.8 Å². The monoisotopic (exact) mass is 238 g/mol. The second-order valence-electron chi connectivity index (χ2n) is 4.35. The quantitative estimate of drug-likeness (QED) is 0.714. The fourth-order valence-electron chi connectivity index (χ4n) is 1.92. The van der Waals surface area contributed by atoms with Gasteiger partial charge in [0.05, 0.1) is 0 Å². The molecule has 0 aromatic carbocycles. The molecule has 0 saturated heterocycles. The molecule has 0 bridgehead atoms. The molecule has 1 aliphatic carbocycles. The van der Waals surface area contributed by atoms with Crippen LogP contribution >= 0.6 is 11.3 Å². The number of hydrogen-bond acceptors (Lipinski definition) is 3. The van der Waals surface area contributed by atoms with Crippen LogP contribution in [0.1, 0.15) is 36.6 Å². The number of nitrogens with one attached hydrogen (secondary N) is 1. The summed E-state index contributed by atoms with van der Waals surface area (Å²) in [4.78, 5) is 12.0. The largest absolute Gasteiger partial charge is 0.370 e. The number of primary amides is 1. The molecule has 2 rings (SSSR count). The smallest absolute Gasteiger partial charge is 0.217 e. The molecule has 1 aromatic rings. The number of rotatable bonds is 7. The molecule has 4 heteroatoms. The van der Waals surface area contributed by atoms with Crippen molar-refractivity contribution in [3.05, 3.63) is 22.4 Å². The summed E-state index contributed by atoms with van der Waals surface area (Å²) in [5, 5.41) is 5.66. The van der Waals surface area contributed by atoms with Crippen molar-refractivity contribution in [2.75, 3.05) is 6.54 Å². The molecule has 1 atom stereocenters. The van der Waals surface area contributed by atoms with E-state index in [1.165, 1.54) is 17.7 Å². The molecule has 88 valence electrons. The first kappa shape index (κ1) is 11.6. The number of thiophene rings is 1. The minimum Gasteiger partial charge on any atom is -0.370 e. The molecule has 3 nitrogen and oxygen atoms in total. The minimum atomic E-state index is -0.208. The van der Waals surface area contributed by atoms with Crippen molar-refractivity contribution >= 4 is 17.2 Å². The fourth-order valence-corrected chi connectivity index (χ4v) is 2.81. The Bertz CT molecular complexity index is 333. The van der Waals surface area contributed by atoms with Gasteiger partial charge in [0.25, 0.3) is 0 Å². The highest BCUT2D eigenvalue weighted by molar-refractivity contribution is 7.10. The average molecular weight is 238 g/mol. The van der Waals surface area contributed by atoms with Gasteiger partial charge in [-0.05, 0) is 43.2 Å². The van der Waals surface area contributed by atoms with Crippen LogP contribution in [-0.4, -0.2) is 12.5 Å². The highest BCUT2D eigenvalue weighted by Gasteiger charge is 2.32. The van der Waals surface area contributed by atoms with Crippen LogP contribution in [0.4, 0.5) is 0 Å². The summed E-state index contributed by atoms with van der Waals surface area (Å²) in [6, 6.07) is 4.78. The van der Waals surface area contributed by atoms with Crippen LogP contribution < -0.4 is 11.1 Å². The van der Waals surface area contributed by atoms with Crippen molar-refractivity contribution in [3.63, 3.8) is 0 Å². The van der Waals surface area contributed by atoms with Crippen molar-refractivity contribution in [3.8, 4) is 0 Å². The first-order chi connectivity index (χ1) is 7.77. The van der Waals surface area contributed by atoms with E-state index in [0.29, 0.717) is 12.5 Å². The third-order valence-corrected chi connectivity index (χ3v) is 3.86. The van der Waals surface area contributed by atoms with E-state index < -0.39 is 0 Å². The van der Waals surface area contributed by atoms with Crippen LogP contribution in [0.3, 0.4) is 0 Å². The highest BCUT2D eigenvalue weighted by atomic mass is 32.1. The van der Waals surface area contributed by atoms with Crippen LogP contribution in [0.5, 0.6) is 0 Å². The van der Waals surface area contributed by atoms with Gasteiger partial charge in [0.15, 0.2) is 0 Å². The second-order valence-corrected chi connectivity index (χ2v) is 5.33. The van der Waals surface area contributed by atoms with Gasteiger partial charge in [0.2, 0.25) is 5.91 Å². The van der Waals surface area contributed by atoms with E-state index in [4.69, 9.17) is 5.73 Å². The number of hydrogen-bond donors (Lipinski definition) is 2. The normalized spacial score (nSPS) is 17.2. The molecule has 0 aliphatic heterocycles. The summed E-state index contributed by atoms with van der Waals surface area (Å²) in [5.41, 5.74) is 5.11. The molecule has 1 unspecified atom stereocenters. The average Bonchev–Trinajstić information content (AvgIpc) is 2.93. The van der Waals surface area contributed by atoms with Gasteiger partial charge in [-0.3, -0.25) is 4.79 Å². The van der Waals surface area contributed by atoms with Gasteiger partial charge in [-0.1, -0.05) is 6.07 Å². The summed E-state index contributed by atoms with van der Waals surface area (Å²) in [6.45, 7) is 0.877. The zero-order valence-electron chi connectivity index (χ0n) is 9.32. The summed E-state index contributed by atoms with van der Waals surface area (Å²) >= 11 is 1.81. The van der Waals surface area contributed by atoms with Gasteiger partial charge in [-0.2, -0.15) is 0 Å². The van der Waals surface area contributed by atoms with Crippen LogP contribution in [0.2, 0.25) is 0 Å². The van der Waals surface area contributed by atoms with Crippen molar-refractivity contribution in [2.45, 2.75) is 31.7 Å². The van der Waals surface area contributed by atoms with E-state index in [9.17, 15) is 4.79 Å². The number of amides is 1. The van der Waals surface area contributed by atoms with E-state index >= 15 is 0 Å². The van der Waals surface area contributed by atoms with Crippen molar-refractivity contribution < 1.29 is 4.79 Å². The van der Waals surface area contributed by atoms with E-state index in [0.717, 1.165) is 18.9 Å². The van der Waals surface area contributed by atoms with Crippen LogP contribution in [0.25, 0.3) is 0 Å². The predicted molar refractivity (Wildman–Crippen MR) is 66.2 cm³/mol. The van der Waals surface area contributed by atoms with E-state index in [1.807, 2.05) is 11.3 Å². The maximum absolute atomic E-state index is 10.6. The molecule has 1 fully saturated rings. The molecule has 1 heterocycles. The maximum atomic E-state index is 10.6. The molecule has 0 spiro atoms. The standard InChI is InChI=1S/C12H18N2OS/c13-11(15)4-1-7-14-12(9-5-6-9)10-3-2-8-16-10/h2-3,8-9,12,14H,1,4-7H2,(H2,13,15). The number of carbonyl (C=O) groups is 1. The molecule has 3 N–H and O–H groups in total. The summed E-state index contributed by atoms with van der Waals surface area (Å²) in [7, 11) is 0. The summed E-state index contributed by atoms with van der Waals surface area (Å²) < 4.78 is 0. The molecule has 0 radical (unpaired) electrons. The zero-order chi connectivity index (χ0) is 11.4. The Hall–Kier alpha value is -0.870. The Morgan fingerprint density at radius 1 is 1.62 bits per heavy atom. The molecule has 1 saturated carbocycles. The third-order valence-electron chi connectivity index (χ3n) is 2.91. The Morgan fingerprint density at radius 2 is 2.44 bits per heavy atom. The van der Waals surface area contributed by atoms with Crippen molar-refractivity contribution in [2.24, 2.45) is 11.7 Å². The molecule has 1 aliphatic rings.